The van der Waals surface area contributed by atoms with Gasteiger partial charge in [0.1, 0.15) is 0 Å². The summed E-state index contributed by atoms with van der Waals surface area (Å²) < 4.78 is 0. The number of hydrogen-bond acceptors (Lipinski definition) is 8. The number of imide groups is 2. The molecule has 0 spiro atoms. The molecule has 4 amide bonds. The summed E-state index contributed by atoms with van der Waals surface area (Å²) >= 11 is 0. The van der Waals surface area contributed by atoms with Crippen molar-refractivity contribution in [1.29, 1.82) is 0 Å². The number of fused-ring (bicyclic) bond motifs is 2. The Morgan fingerprint density at radius 3 is 1.26 bits per heavy atom. The molecular formula is C23H20N4O8. The van der Waals surface area contributed by atoms with Gasteiger partial charge in [0.05, 0.1) is 32.1 Å². The Balaban J connectivity index is 1.21. The lowest BCUT2D eigenvalue weighted by atomic mass is 10.1. The molecule has 180 valence electrons. The number of unbranched alkanes of at least 4 members (excludes halogenated alkanes) is 4. The number of carbonyl (C=O) groups excluding carboxylic acids is 4. The fraction of sp³-hybridized carbons (Fsp3) is 0.304. The molecule has 0 saturated carbocycles. The number of amides is 4. The van der Waals surface area contributed by atoms with Gasteiger partial charge in [-0.3, -0.25) is 49.2 Å². The van der Waals surface area contributed by atoms with Gasteiger partial charge in [-0.1, -0.05) is 19.3 Å². The minimum atomic E-state index is -0.619. The normalized spacial score (nSPS) is 14.5. The van der Waals surface area contributed by atoms with E-state index in [2.05, 4.69) is 0 Å². The number of nitro benzene ring substituents is 2. The Morgan fingerprint density at radius 2 is 0.886 bits per heavy atom. The highest BCUT2D eigenvalue weighted by molar-refractivity contribution is 6.22. The number of non-ortho nitro benzene ring substituents is 2. The topological polar surface area (TPSA) is 161 Å². The van der Waals surface area contributed by atoms with Gasteiger partial charge in [0.2, 0.25) is 0 Å². The lowest BCUT2D eigenvalue weighted by molar-refractivity contribution is -0.385. The van der Waals surface area contributed by atoms with Crippen molar-refractivity contribution in [3.05, 3.63) is 78.9 Å². The fourth-order valence-corrected chi connectivity index (χ4v) is 4.26. The summed E-state index contributed by atoms with van der Waals surface area (Å²) in [6, 6.07) is 7.22. The van der Waals surface area contributed by atoms with E-state index in [1.165, 1.54) is 24.3 Å². The molecule has 0 aromatic heterocycles. The van der Waals surface area contributed by atoms with Crippen molar-refractivity contribution < 1.29 is 29.0 Å². The van der Waals surface area contributed by atoms with Crippen LogP contribution in [-0.2, 0) is 0 Å². The maximum Gasteiger partial charge on any atom is 0.270 e. The van der Waals surface area contributed by atoms with Crippen LogP contribution in [0.5, 0.6) is 0 Å². The largest absolute Gasteiger partial charge is 0.274 e. The molecule has 4 rings (SSSR count). The number of hydrogen-bond donors (Lipinski definition) is 0. The standard InChI is InChI=1S/C23H20N4O8/c28-20-16-8-6-14(26(32)33)12-18(16)22(30)24(20)10-4-2-1-3-5-11-25-21(29)17-9-7-15(27(34)35)13-19(17)23(25)31/h6-9,12-13H,1-5,10-11H2. The van der Waals surface area contributed by atoms with Crippen molar-refractivity contribution in [2.75, 3.05) is 13.1 Å². The molecule has 12 heteroatoms. The van der Waals surface area contributed by atoms with Crippen molar-refractivity contribution in [2.45, 2.75) is 32.1 Å². The van der Waals surface area contributed by atoms with Crippen LogP contribution < -0.4 is 0 Å². The summed E-state index contributed by atoms with van der Waals surface area (Å²) in [5.74, 6) is -2.02. The predicted octanol–water partition coefficient (Wildman–Crippen LogP) is 3.35. The van der Waals surface area contributed by atoms with Crippen LogP contribution in [0.1, 0.15) is 73.5 Å². The van der Waals surface area contributed by atoms with Gasteiger partial charge in [-0.15, -0.1) is 0 Å². The van der Waals surface area contributed by atoms with Gasteiger partial charge < -0.3 is 0 Å². The monoisotopic (exact) mass is 480 g/mol. The first-order valence-electron chi connectivity index (χ1n) is 11.0. The summed E-state index contributed by atoms with van der Waals surface area (Å²) in [5.41, 5.74) is -0.101. The first kappa shape index (κ1) is 23.7. The quantitative estimate of drug-likeness (QED) is 0.216. The molecule has 0 aliphatic carbocycles. The van der Waals surface area contributed by atoms with Crippen molar-refractivity contribution in [3.8, 4) is 0 Å². The van der Waals surface area contributed by atoms with E-state index in [9.17, 15) is 39.4 Å². The minimum Gasteiger partial charge on any atom is -0.274 e. The van der Waals surface area contributed by atoms with E-state index in [1.807, 2.05) is 0 Å². The fourth-order valence-electron chi connectivity index (χ4n) is 4.26. The molecule has 2 aliphatic rings. The molecular weight excluding hydrogens is 460 g/mol. The van der Waals surface area contributed by atoms with Crippen LogP contribution in [0.25, 0.3) is 0 Å². The number of nitro groups is 2. The van der Waals surface area contributed by atoms with E-state index in [4.69, 9.17) is 0 Å². The Bertz CT molecular complexity index is 1190. The van der Waals surface area contributed by atoms with Crippen LogP contribution in [0.3, 0.4) is 0 Å². The van der Waals surface area contributed by atoms with E-state index >= 15 is 0 Å². The molecule has 0 unspecified atom stereocenters. The Labute approximate surface area is 198 Å². The molecule has 12 nitrogen and oxygen atoms in total. The van der Waals surface area contributed by atoms with Gasteiger partial charge in [0.15, 0.2) is 0 Å². The highest BCUT2D eigenvalue weighted by Gasteiger charge is 2.37. The third kappa shape index (κ3) is 4.37. The van der Waals surface area contributed by atoms with Gasteiger partial charge in [0, 0.05) is 37.4 Å². The molecule has 2 heterocycles. The van der Waals surface area contributed by atoms with E-state index in [-0.39, 0.29) is 46.7 Å². The summed E-state index contributed by atoms with van der Waals surface area (Å²) in [5, 5.41) is 21.8. The molecule has 0 bridgehead atoms. The average molecular weight is 480 g/mol. The number of rotatable bonds is 10. The van der Waals surface area contributed by atoms with Crippen molar-refractivity contribution in [1.82, 2.24) is 9.80 Å². The molecule has 0 N–H and O–H groups in total. The SMILES string of the molecule is O=C1c2ccc([N+](=O)[O-])cc2C(=O)N1CCCCCCCN1C(=O)c2ccc([N+](=O)[O-])cc2C1=O. The number of benzene rings is 2. The zero-order valence-electron chi connectivity index (χ0n) is 18.5. The summed E-state index contributed by atoms with van der Waals surface area (Å²) in [4.78, 5) is 72.6. The third-order valence-corrected chi connectivity index (χ3v) is 6.09. The third-order valence-electron chi connectivity index (χ3n) is 6.09. The van der Waals surface area contributed by atoms with Crippen LogP contribution in [0.2, 0.25) is 0 Å². The van der Waals surface area contributed by atoms with Gasteiger partial charge >= 0.3 is 0 Å². The highest BCUT2D eigenvalue weighted by atomic mass is 16.6. The van der Waals surface area contributed by atoms with E-state index in [0.29, 0.717) is 25.7 Å². The van der Waals surface area contributed by atoms with Crippen molar-refractivity contribution >= 4 is 35.0 Å². The molecule has 35 heavy (non-hydrogen) atoms. The predicted molar refractivity (Wildman–Crippen MR) is 120 cm³/mol. The van der Waals surface area contributed by atoms with Crippen molar-refractivity contribution in [3.63, 3.8) is 0 Å². The van der Waals surface area contributed by atoms with Crippen LogP contribution >= 0.6 is 0 Å². The number of carbonyl (C=O) groups is 4. The zero-order valence-corrected chi connectivity index (χ0v) is 18.5. The molecule has 2 aromatic carbocycles. The van der Waals surface area contributed by atoms with E-state index < -0.39 is 33.5 Å². The maximum atomic E-state index is 12.5. The first-order valence-corrected chi connectivity index (χ1v) is 11.0. The average Bonchev–Trinajstić information content (AvgIpc) is 3.22. The molecule has 0 radical (unpaired) electrons. The smallest absolute Gasteiger partial charge is 0.270 e. The Hall–Kier alpha value is -4.48. The maximum absolute atomic E-state index is 12.5. The lowest BCUT2D eigenvalue weighted by Crippen LogP contribution is -2.31. The van der Waals surface area contributed by atoms with Gasteiger partial charge in [-0.2, -0.15) is 0 Å². The molecule has 0 fully saturated rings. The Morgan fingerprint density at radius 1 is 0.543 bits per heavy atom. The van der Waals surface area contributed by atoms with Crippen LogP contribution in [0.15, 0.2) is 36.4 Å². The second-order valence-electron chi connectivity index (χ2n) is 8.27. The zero-order chi connectivity index (χ0) is 25.3. The van der Waals surface area contributed by atoms with Crippen molar-refractivity contribution in [2.24, 2.45) is 0 Å². The molecule has 2 aliphatic heterocycles. The molecule has 2 aromatic rings. The molecule has 0 atom stereocenters. The second kappa shape index (κ2) is 9.41. The summed E-state index contributed by atoms with van der Waals surface area (Å²) in [7, 11) is 0. The van der Waals surface area contributed by atoms with Crippen LogP contribution in [0.4, 0.5) is 11.4 Å². The molecule has 0 saturated heterocycles. The van der Waals surface area contributed by atoms with E-state index in [0.717, 1.165) is 28.4 Å². The van der Waals surface area contributed by atoms with E-state index in [1.54, 1.807) is 0 Å². The lowest BCUT2D eigenvalue weighted by Gasteiger charge is -2.14. The Kier molecular flexibility index (Phi) is 6.36. The highest BCUT2D eigenvalue weighted by Crippen LogP contribution is 2.28. The van der Waals surface area contributed by atoms with Gasteiger partial charge in [-0.05, 0) is 25.0 Å². The summed E-state index contributed by atoms with van der Waals surface area (Å²) in [6.45, 7) is 0.384. The van der Waals surface area contributed by atoms with Gasteiger partial charge in [-0.25, -0.2) is 0 Å². The van der Waals surface area contributed by atoms with Crippen LogP contribution in [-0.4, -0.2) is 56.4 Å². The minimum absolute atomic E-state index is 0.0375. The second-order valence-corrected chi connectivity index (χ2v) is 8.27. The first-order chi connectivity index (χ1) is 16.7. The number of nitrogens with zero attached hydrogens (tertiary/aromatic N) is 4. The van der Waals surface area contributed by atoms with Gasteiger partial charge in [0.25, 0.3) is 35.0 Å². The summed E-state index contributed by atoms with van der Waals surface area (Å²) in [6.07, 6.45) is 3.22. The van der Waals surface area contributed by atoms with Crippen LogP contribution in [0, 0.1) is 20.2 Å².